The standard InChI is InChI=1S/C18H18N2O3/c1-22-16-4-3-5-17(23-2)13(16)8-6-12-7-9-15-14(10-12)18(21)20-11-19-15/h3-5,7,9-11H,6,8H2,1-2H3,(H,19,20,21). The van der Waals surface area contributed by atoms with Gasteiger partial charge in [-0.3, -0.25) is 4.79 Å². The van der Waals surface area contributed by atoms with Gasteiger partial charge in [-0.15, -0.1) is 0 Å². The van der Waals surface area contributed by atoms with E-state index in [9.17, 15) is 4.79 Å². The topological polar surface area (TPSA) is 64.2 Å². The van der Waals surface area contributed by atoms with E-state index in [1.165, 1.54) is 6.33 Å². The quantitative estimate of drug-likeness (QED) is 0.787. The number of aryl methyl sites for hydroxylation is 1. The van der Waals surface area contributed by atoms with E-state index >= 15 is 0 Å². The summed E-state index contributed by atoms with van der Waals surface area (Å²) in [5, 5.41) is 0.608. The summed E-state index contributed by atoms with van der Waals surface area (Å²) in [6, 6.07) is 11.5. The minimum Gasteiger partial charge on any atom is -0.496 e. The summed E-state index contributed by atoms with van der Waals surface area (Å²) in [6.07, 6.45) is 2.96. The van der Waals surface area contributed by atoms with Crippen molar-refractivity contribution >= 4 is 10.9 Å². The molecule has 0 aliphatic rings. The molecule has 3 aromatic rings. The van der Waals surface area contributed by atoms with Gasteiger partial charge in [0.25, 0.3) is 5.56 Å². The minimum atomic E-state index is -0.119. The number of aromatic nitrogens is 2. The first-order valence-corrected chi connectivity index (χ1v) is 7.39. The zero-order valence-corrected chi connectivity index (χ0v) is 13.1. The van der Waals surface area contributed by atoms with Gasteiger partial charge in [-0.1, -0.05) is 12.1 Å². The van der Waals surface area contributed by atoms with Crippen molar-refractivity contribution in [3.05, 3.63) is 64.2 Å². The molecule has 5 heteroatoms. The molecule has 0 amide bonds. The highest BCUT2D eigenvalue weighted by atomic mass is 16.5. The molecule has 2 aromatic carbocycles. The van der Waals surface area contributed by atoms with Gasteiger partial charge in [0, 0.05) is 5.56 Å². The summed E-state index contributed by atoms with van der Waals surface area (Å²) in [6.45, 7) is 0. The maximum atomic E-state index is 11.9. The summed E-state index contributed by atoms with van der Waals surface area (Å²) in [4.78, 5) is 18.6. The molecule has 3 rings (SSSR count). The fraction of sp³-hybridized carbons (Fsp3) is 0.222. The summed E-state index contributed by atoms with van der Waals surface area (Å²) < 4.78 is 10.8. The van der Waals surface area contributed by atoms with Crippen LogP contribution < -0.4 is 15.0 Å². The molecule has 0 atom stereocenters. The Morgan fingerprint density at radius 2 is 1.78 bits per heavy atom. The molecular weight excluding hydrogens is 292 g/mol. The van der Waals surface area contributed by atoms with Crippen molar-refractivity contribution < 1.29 is 9.47 Å². The summed E-state index contributed by atoms with van der Waals surface area (Å²) >= 11 is 0. The van der Waals surface area contributed by atoms with Crippen molar-refractivity contribution in [2.75, 3.05) is 14.2 Å². The van der Waals surface area contributed by atoms with Crippen molar-refractivity contribution in [1.29, 1.82) is 0 Å². The molecule has 23 heavy (non-hydrogen) atoms. The largest absolute Gasteiger partial charge is 0.496 e. The lowest BCUT2D eigenvalue weighted by molar-refractivity contribution is 0.385. The molecule has 1 heterocycles. The van der Waals surface area contributed by atoms with Gasteiger partial charge < -0.3 is 14.5 Å². The third-order valence-electron chi connectivity index (χ3n) is 3.90. The molecule has 0 radical (unpaired) electrons. The van der Waals surface area contributed by atoms with Gasteiger partial charge in [0.15, 0.2) is 0 Å². The highest BCUT2D eigenvalue weighted by Crippen LogP contribution is 2.29. The molecule has 0 unspecified atom stereocenters. The van der Waals surface area contributed by atoms with Crippen molar-refractivity contribution in [3.63, 3.8) is 0 Å². The monoisotopic (exact) mass is 310 g/mol. The van der Waals surface area contributed by atoms with Crippen molar-refractivity contribution in [2.24, 2.45) is 0 Å². The number of nitrogens with one attached hydrogen (secondary N) is 1. The Balaban J connectivity index is 1.89. The van der Waals surface area contributed by atoms with Crippen LogP contribution in [0.3, 0.4) is 0 Å². The van der Waals surface area contributed by atoms with Gasteiger partial charge in [0.05, 0.1) is 31.4 Å². The average Bonchev–Trinajstić information content (AvgIpc) is 2.60. The number of fused-ring (bicyclic) bond motifs is 1. The maximum Gasteiger partial charge on any atom is 0.258 e. The highest BCUT2D eigenvalue weighted by Gasteiger charge is 2.10. The number of rotatable bonds is 5. The maximum absolute atomic E-state index is 11.9. The summed E-state index contributed by atoms with van der Waals surface area (Å²) in [7, 11) is 3.30. The van der Waals surface area contributed by atoms with E-state index in [4.69, 9.17) is 9.47 Å². The van der Waals surface area contributed by atoms with E-state index in [0.717, 1.165) is 35.5 Å². The molecular formula is C18H18N2O3. The molecule has 0 saturated carbocycles. The predicted octanol–water partition coefficient (Wildman–Crippen LogP) is 2.73. The molecule has 0 fully saturated rings. The lowest BCUT2D eigenvalue weighted by Gasteiger charge is -2.13. The number of methoxy groups -OCH3 is 2. The molecule has 5 nitrogen and oxygen atoms in total. The Kier molecular flexibility index (Phi) is 4.28. The Bertz CT molecular complexity index is 865. The Hall–Kier alpha value is -2.82. The molecule has 0 bridgehead atoms. The lowest BCUT2D eigenvalue weighted by atomic mass is 10.0. The van der Waals surface area contributed by atoms with Crippen LogP contribution in [0.4, 0.5) is 0 Å². The number of aromatic amines is 1. The van der Waals surface area contributed by atoms with Crippen LogP contribution >= 0.6 is 0 Å². The normalized spacial score (nSPS) is 10.7. The SMILES string of the molecule is COc1cccc(OC)c1CCc1ccc2nc[nH]c(=O)c2c1. The van der Waals surface area contributed by atoms with E-state index in [2.05, 4.69) is 9.97 Å². The fourth-order valence-electron chi connectivity index (χ4n) is 2.72. The molecule has 0 aliphatic carbocycles. The second-order valence-electron chi connectivity index (χ2n) is 5.22. The van der Waals surface area contributed by atoms with Gasteiger partial charge in [-0.25, -0.2) is 4.98 Å². The van der Waals surface area contributed by atoms with Crippen molar-refractivity contribution in [2.45, 2.75) is 12.8 Å². The van der Waals surface area contributed by atoms with E-state index in [-0.39, 0.29) is 5.56 Å². The smallest absolute Gasteiger partial charge is 0.258 e. The first-order valence-electron chi connectivity index (χ1n) is 7.39. The van der Waals surface area contributed by atoms with E-state index in [0.29, 0.717) is 10.9 Å². The number of benzene rings is 2. The van der Waals surface area contributed by atoms with E-state index in [1.54, 1.807) is 14.2 Å². The van der Waals surface area contributed by atoms with Gasteiger partial charge >= 0.3 is 0 Å². The van der Waals surface area contributed by atoms with Crippen LogP contribution in [0, 0.1) is 0 Å². The van der Waals surface area contributed by atoms with E-state index < -0.39 is 0 Å². The van der Waals surface area contributed by atoms with Crippen LogP contribution in [0.25, 0.3) is 10.9 Å². The lowest BCUT2D eigenvalue weighted by Crippen LogP contribution is -2.07. The number of hydrogen-bond donors (Lipinski definition) is 1. The van der Waals surface area contributed by atoms with Crippen LogP contribution in [0.15, 0.2) is 47.5 Å². The predicted molar refractivity (Wildman–Crippen MR) is 89.3 cm³/mol. The van der Waals surface area contributed by atoms with Gasteiger partial charge in [0.1, 0.15) is 11.5 Å². The van der Waals surface area contributed by atoms with Gasteiger partial charge in [0.2, 0.25) is 0 Å². The number of hydrogen-bond acceptors (Lipinski definition) is 4. The van der Waals surface area contributed by atoms with Crippen LogP contribution in [0.5, 0.6) is 11.5 Å². The average molecular weight is 310 g/mol. The Morgan fingerprint density at radius 1 is 1.04 bits per heavy atom. The second kappa shape index (κ2) is 6.52. The third kappa shape index (κ3) is 3.04. The fourth-order valence-corrected chi connectivity index (χ4v) is 2.72. The first-order chi connectivity index (χ1) is 11.2. The van der Waals surface area contributed by atoms with Crippen LogP contribution in [0.1, 0.15) is 11.1 Å². The summed E-state index contributed by atoms with van der Waals surface area (Å²) in [5.41, 5.74) is 2.68. The zero-order valence-electron chi connectivity index (χ0n) is 13.1. The van der Waals surface area contributed by atoms with Crippen LogP contribution in [-0.2, 0) is 12.8 Å². The Labute approximate surface area is 133 Å². The first kappa shape index (κ1) is 15.1. The number of ether oxygens (including phenoxy) is 2. The molecule has 0 saturated heterocycles. The molecule has 118 valence electrons. The van der Waals surface area contributed by atoms with E-state index in [1.807, 2.05) is 36.4 Å². The zero-order chi connectivity index (χ0) is 16.2. The molecule has 1 N–H and O–H groups in total. The van der Waals surface area contributed by atoms with Crippen molar-refractivity contribution in [3.8, 4) is 11.5 Å². The van der Waals surface area contributed by atoms with Gasteiger partial charge in [-0.2, -0.15) is 0 Å². The number of nitrogens with zero attached hydrogens (tertiary/aromatic N) is 1. The summed E-state index contributed by atoms with van der Waals surface area (Å²) in [5.74, 6) is 1.62. The molecule has 0 aliphatic heterocycles. The third-order valence-corrected chi connectivity index (χ3v) is 3.90. The Morgan fingerprint density at radius 3 is 2.48 bits per heavy atom. The molecule has 1 aromatic heterocycles. The second-order valence-corrected chi connectivity index (χ2v) is 5.22. The van der Waals surface area contributed by atoms with Crippen molar-refractivity contribution in [1.82, 2.24) is 9.97 Å². The number of H-pyrrole nitrogens is 1. The van der Waals surface area contributed by atoms with Crippen LogP contribution in [0.2, 0.25) is 0 Å². The highest BCUT2D eigenvalue weighted by molar-refractivity contribution is 5.77. The van der Waals surface area contributed by atoms with Crippen LogP contribution in [-0.4, -0.2) is 24.2 Å². The minimum absolute atomic E-state index is 0.119. The van der Waals surface area contributed by atoms with Gasteiger partial charge in [-0.05, 0) is 42.7 Å². The molecule has 0 spiro atoms.